The Balaban J connectivity index is 2.03. The van der Waals surface area contributed by atoms with Gasteiger partial charge in [-0.1, -0.05) is 0 Å². The van der Waals surface area contributed by atoms with Crippen LogP contribution in [0.5, 0.6) is 5.75 Å². The molecular formula is C16H21NO4. The van der Waals surface area contributed by atoms with Gasteiger partial charge in [0.2, 0.25) is 0 Å². The Morgan fingerprint density at radius 1 is 1.38 bits per heavy atom. The maximum Gasteiger partial charge on any atom is 0.303 e. The molecule has 1 aliphatic heterocycles. The van der Waals surface area contributed by atoms with Crippen molar-refractivity contribution in [1.82, 2.24) is 4.90 Å². The zero-order valence-corrected chi connectivity index (χ0v) is 12.5. The molecule has 0 amide bonds. The molecule has 1 saturated heterocycles. The largest absolute Gasteiger partial charge is 0.494 e. The van der Waals surface area contributed by atoms with Crippen LogP contribution in [0.15, 0.2) is 18.2 Å². The van der Waals surface area contributed by atoms with Gasteiger partial charge in [-0.2, -0.15) is 0 Å². The monoisotopic (exact) mass is 291 g/mol. The van der Waals surface area contributed by atoms with Gasteiger partial charge in [-0.25, -0.2) is 0 Å². The van der Waals surface area contributed by atoms with Crippen molar-refractivity contribution in [1.29, 1.82) is 0 Å². The zero-order chi connectivity index (χ0) is 15.4. The Labute approximate surface area is 124 Å². The van der Waals surface area contributed by atoms with Gasteiger partial charge < -0.3 is 9.84 Å². The lowest BCUT2D eigenvalue weighted by Gasteiger charge is -2.38. The number of ether oxygens (including phenoxy) is 1. The van der Waals surface area contributed by atoms with Crippen LogP contribution in [0.1, 0.15) is 36.2 Å². The number of carbonyl (C=O) groups is 2. The van der Waals surface area contributed by atoms with Crippen LogP contribution in [0.2, 0.25) is 0 Å². The van der Waals surface area contributed by atoms with Crippen LogP contribution in [0.4, 0.5) is 0 Å². The lowest BCUT2D eigenvalue weighted by atomic mass is 9.95. The first-order chi connectivity index (χ1) is 9.99. The highest BCUT2D eigenvalue weighted by Gasteiger charge is 2.29. The van der Waals surface area contributed by atoms with E-state index in [1.807, 2.05) is 19.1 Å². The van der Waals surface area contributed by atoms with Crippen molar-refractivity contribution < 1.29 is 19.4 Å². The third kappa shape index (κ3) is 4.04. The fourth-order valence-corrected chi connectivity index (χ4v) is 2.64. The molecule has 0 spiro atoms. The lowest BCUT2D eigenvalue weighted by Crippen LogP contribution is -2.46. The molecule has 1 fully saturated rings. The molecule has 1 aromatic carbocycles. The summed E-state index contributed by atoms with van der Waals surface area (Å²) in [6.45, 7) is 6.30. The van der Waals surface area contributed by atoms with Gasteiger partial charge in [-0.15, -0.1) is 0 Å². The Bertz CT molecular complexity index is 535. The van der Waals surface area contributed by atoms with Gasteiger partial charge in [0.25, 0.3) is 0 Å². The van der Waals surface area contributed by atoms with E-state index in [-0.39, 0.29) is 18.1 Å². The summed E-state index contributed by atoms with van der Waals surface area (Å²) >= 11 is 0. The molecule has 0 bridgehead atoms. The third-order valence-corrected chi connectivity index (χ3v) is 3.66. The summed E-state index contributed by atoms with van der Waals surface area (Å²) in [7, 11) is 0. The van der Waals surface area contributed by atoms with Crippen molar-refractivity contribution in [3.8, 4) is 5.75 Å². The molecule has 1 aromatic rings. The Morgan fingerprint density at radius 2 is 2.10 bits per heavy atom. The first kappa shape index (κ1) is 15.5. The van der Waals surface area contributed by atoms with E-state index in [4.69, 9.17) is 9.84 Å². The zero-order valence-electron chi connectivity index (χ0n) is 12.5. The SMILES string of the molecule is CCOc1ccc(C(C)=O)cc1CN1CC(CC(=O)O)C1. The van der Waals surface area contributed by atoms with Crippen molar-refractivity contribution in [2.45, 2.75) is 26.8 Å². The molecule has 2 rings (SSSR count). The van der Waals surface area contributed by atoms with Gasteiger partial charge in [0.1, 0.15) is 5.75 Å². The van der Waals surface area contributed by atoms with E-state index in [9.17, 15) is 9.59 Å². The molecule has 5 nitrogen and oxygen atoms in total. The number of hydrogen-bond acceptors (Lipinski definition) is 4. The highest BCUT2D eigenvalue weighted by molar-refractivity contribution is 5.94. The molecule has 0 unspecified atom stereocenters. The summed E-state index contributed by atoms with van der Waals surface area (Å²) < 4.78 is 5.60. The number of carboxylic acids is 1. The summed E-state index contributed by atoms with van der Waals surface area (Å²) in [6.07, 6.45) is 0.225. The van der Waals surface area contributed by atoms with Crippen molar-refractivity contribution in [3.63, 3.8) is 0 Å². The van der Waals surface area contributed by atoms with Crippen molar-refractivity contribution in [2.24, 2.45) is 5.92 Å². The molecule has 1 aliphatic rings. The van der Waals surface area contributed by atoms with Crippen molar-refractivity contribution in [3.05, 3.63) is 29.3 Å². The number of hydrogen-bond donors (Lipinski definition) is 1. The summed E-state index contributed by atoms with van der Waals surface area (Å²) in [5, 5.41) is 8.76. The molecule has 0 saturated carbocycles. The maximum atomic E-state index is 11.5. The van der Waals surface area contributed by atoms with E-state index in [1.165, 1.54) is 0 Å². The number of benzene rings is 1. The topological polar surface area (TPSA) is 66.8 Å². The quantitative estimate of drug-likeness (QED) is 0.780. The van der Waals surface area contributed by atoms with Crippen LogP contribution in [0, 0.1) is 5.92 Å². The van der Waals surface area contributed by atoms with E-state index >= 15 is 0 Å². The minimum absolute atomic E-state index is 0.0339. The number of nitrogens with zero attached hydrogens (tertiary/aromatic N) is 1. The van der Waals surface area contributed by atoms with Gasteiger partial charge in [0, 0.05) is 30.8 Å². The predicted molar refractivity (Wildman–Crippen MR) is 78.6 cm³/mol. The Hall–Kier alpha value is -1.88. The number of aliphatic carboxylic acids is 1. The van der Waals surface area contributed by atoms with E-state index in [2.05, 4.69) is 4.90 Å². The van der Waals surface area contributed by atoms with E-state index < -0.39 is 5.97 Å². The first-order valence-electron chi connectivity index (χ1n) is 7.20. The smallest absolute Gasteiger partial charge is 0.303 e. The average Bonchev–Trinajstić information content (AvgIpc) is 2.37. The van der Waals surface area contributed by atoms with Gasteiger partial charge in [0.15, 0.2) is 5.78 Å². The molecule has 1 heterocycles. The highest BCUT2D eigenvalue weighted by atomic mass is 16.5. The van der Waals surface area contributed by atoms with Gasteiger partial charge in [0.05, 0.1) is 13.0 Å². The minimum atomic E-state index is -0.742. The van der Waals surface area contributed by atoms with Gasteiger partial charge in [-0.05, 0) is 38.0 Å². The molecule has 0 radical (unpaired) electrons. The van der Waals surface area contributed by atoms with E-state index in [1.54, 1.807) is 13.0 Å². The summed E-state index contributed by atoms with van der Waals surface area (Å²) in [6, 6.07) is 5.49. The van der Waals surface area contributed by atoms with Crippen LogP contribution < -0.4 is 4.74 Å². The van der Waals surface area contributed by atoms with Crippen molar-refractivity contribution in [2.75, 3.05) is 19.7 Å². The number of Topliss-reactive ketones (excluding diaryl/α,β-unsaturated/α-hetero) is 1. The number of carboxylic acid groups (broad SMARTS) is 1. The van der Waals surface area contributed by atoms with Crippen LogP contribution in [0.3, 0.4) is 0 Å². The number of ketones is 1. The fourth-order valence-electron chi connectivity index (χ4n) is 2.64. The predicted octanol–water partition coefficient (Wildman–Crippen LogP) is 2.19. The maximum absolute atomic E-state index is 11.5. The van der Waals surface area contributed by atoms with Gasteiger partial charge >= 0.3 is 5.97 Å². The second-order valence-electron chi connectivity index (χ2n) is 5.47. The molecule has 5 heteroatoms. The standard InChI is InChI=1S/C16H21NO4/c1-3-21-15-5-4-13(11(2)18)7-14(15)10-17-8-12(9-17)6-16(19)20/h4-5,7,12H,3,6,8-10H2,1-2H3,(H,19,20). The summed E-state index contributed by atoms with van der Waals surface area (Å²) in [5.74, 6) is 0.318. The lowest BCUT2D eigenvalue weighted by molar-refractivity contribution is -0.139. The summed E-state index contributed by atoms with van der Waals surface area (Å²) in [5.41, 5.74) is 1.66. The second kappa shape index (κ2) is 6.72. The number of rotatable bonds is 7. The molecule has 114 valence electrons. The number of carbonyl (C=O) groups excluding carboxylic acids is 1. The van der Waals surface area contributed by atoms with E-state index in [0.29, 0.717) is 18.7 Å². The van der Waals surface area contributed by atoms with Crippen LogP contribution in [-0.4, -0.2) is 41.5 Å². The minimum Gasteiger partial charge on any atom is -0.494 e. The third-order valence-electron chi connectivity index (χ3n) is 3.66. The molecule has 0 atom stereocenters. The van der Waals surface area contributed by atoms with Crippen LogP contribution in [-0.2, 0) is 11.3 Å². The first-order valence-corrected chi connectivity index (χ1v) is 7.20. The Kier molecular flexibility index (Phi) is 4.96. The van der Waals surface area contributed by atoms with E-state index in [0.717, 1.165) is 24.4 Å². The number of likely N-dealkylation sites (tertiary alicyclic amines) is 1. The molecule has 1 N–H and O–H groups in total. The molecule has 0 aromatic heterocycles. The van der Waals surface area contributed by atoms with Crippen molar-refractivity contribution >= 4 is 11.8 Å². The fraction of sp³-hybridized carbons (Fsp3) is 0.500. The average molecular weight is 291 g/mol. The normalized spacial score (nSPS) is 15.5. The Morgan fingerprint density at radius 3 is 2.67 bits per heavy atom. The van der Waals surface area contributed by atoms with Crippen LogP contribution >= 0.6 is 0 Å². The van der Waals surface area contributed by atoms with Gasteiger partial charge in [-0.3, -0.25) is 14.5 Å². The molecule has 21 heavy (non-hydrogen) atoms. The molecule has 0 aliphatic carbocycles. The second-order valence-corrected chi connectivity index (χ2v) is 5.47. The summed E-state index contributed by atoms with van der Waals surface area (Å²) in [4.78, 5) is 24.3. The highest BCUT2D eigenvalue weighted by Crippen LogP contribution is 2.27. The molecular weight excluding hydrogens is 270 g/mol. The van der Waals surface area contributed by atoms with Crippen LogP contribution in [0.25, 0.3) is 0 Å².